The normalized spacial score (nSPS) is 14.0. The molecule has 104 valence electrons. The van der Waals surface area contributed by atoms with Crippen LogP contribution in [0.25, 0.3) is 0 Å². The zero-order valence-corrected chi connectivity index (χ0v) is 11.8. The van der Waals surface area contributed by atoms with Crippen LogP contribution in [-0.4, -0.2) is 37.2 Å². The Morgan fingerprint density at radius 1 is 1.24 bits per heavy atom. The Kier molecular flexibility index (Phi) is 10.3. The number of ether oxygens (including phenoxy) is 1. The van der Waals surface area contributed by atoms with Gasteiger partial charge < -0.3 is 16.6 Å². The summed E-state index contributed by atoms with van der Waals surface area (Å²) >= 11 is 0. The number of carbonyl (C=O) groups is 1. The molecule has 0 aromatic rings. The number of carbonyl (C=O) groups excluding carboxylic acids is 1. The Morgan fingerprint density at radius 2 is 1.82 bits per heavy atom. The van der Waals surface area contributed by atoms with Crippen LogP contribution < -0.4 is 11.9 Å². The monoisotopic (exact) mass is 247 g/mol. The molecule has 0 radical (unpaired) electrons. The molecule has 1 atom stereocenters. The van der Waals surface area contributed by atoms with Gasteiger partial charge in [-0.2, -0.15) is 0 Å². The Morgan fingerprint density at radius 3 is 2.24 bits per heavy atom. The van der Waals surface area contributed by atoms with Gasteiger partial charge in [0.1, 0.15) is 0 Å². The van der Waals surface area contributed by atoms with Gasteiger partial charge in [0.2, 0.25) is 0 Å². The highest BCUT2D eigenvalue weighted by Crippen LogP contribution is 2.14. The molecule has 0 amide bonds. The van der Waals surface area contributed by atoms with Crippen molar-refractivity contribution in [2.75, 3.05) is 20.7 Å². The third-order valence-corrected chi connectivity index (χ3v) is 2.76. The first-order chi connectivity index (χ1) is 7.49. The third kappa shape index (κ3) is 6.00. The van der Waals surface area contributed by atoms with Crippen molar-refractivity contribution in [2.45, 2.75) is 51.6 Å². The van der Waals surface area contributed by atoms with Crippen molar-refractivity contribution >= 4 is 5.97 Å². The molecule has 0 saturated carbocycles. The van der Waals surface area contributed by atoms with Crippen LogP contribution in [0, 0.1) is 0 Å². The maximum absolute atomic E-state index is 11.9. The fraction of sp³-hybridized carbons (Fsp3) is 0.917. The van der Waals surface area contributed by atoms with Gasteiger partial charge in [-0.25, -0.2) is 4.79 Å². The van der Waals surface area contributed by atoms with Gasteiger partial charge in [-0.15, -0.1) is 0 Å². The quantitative estimate of drug-likeness (QED) is 0.388. The summed E-state index contributed by atoms with van der Waals surface area (Å²) in [5.74, 6) is -0.310. The van der Waals surface area contributed by atoms with Crippen LogP contribution in [0.4, 0.5) is 0 Å². The molecule has 0 fully saturated rings. The fourth-order valence-electron chi connectivity index (χ4n) is 1.53. The van der Waals surface area contributed by atoms with E-state index in [1.54, 1.807) is 4.90 Å². The zero-order chi connectivity index (χ0) is 12.6. The van der Waals surface area contributed by atoms with Crippen LogP contribution in [0.3, 0.4) is 0 Å². The molecule has 5 nitrogen and oxygen atoms in total. The van der Waals surface area contributed by atoms with E-state index in [1.807, 2.05) is 21.0 Å². The average molecular weight is 247 g/mol. The molecule has 1 unspecified atom stereocenters. The highest BCUT2D eigenvalue weighted by atomic mass is 16.5. The molecule has 0 aromatic carbocycles. The minimum Gasteiger partial charge on any atom is -0.463 e. The lowest BCUT2D eigenvalue weighted by molar-refractivity contribution is -0.157. The van der Waals surface area contributed by atoms with E-state index in [-0.39, 0.29) is 12.1 Å². The molecule has 0 aromatic heterocycles. The summed E-state index contributed by atoms with van der Waals surface area (Å²) in [4.78, 5) is 13.6. The standard InChI is InChI=1S/C12H26N2O2.H3N/c1-5-7-8-10-16-11(15)12(13,9-6-2)14(3)4;/h5-10,13H2,1-4H3;1H3. The van der Waals surface area contributed by atoms with Gasteiger partial charge in [0.05, 0.1) is 6.61 Å². The van der Waals surface area contributed by atoms with Crippen molar-refractivity contribution in [3.8, 4) is 0 Å². The molecule has 0 rings (SSSR count). The maximum atomic E-state index is 11.9. The van der Waals surface area contributed by atoms with E-state index in [0.717, 1.165) is 25.7 Å². The van der Waals surface area contributed by atoms with Crippen molar-refractivity contribution in [3.05, 3.63) is 0 Å². The second-order valence-corrected chi connectivity index (χ2v) is 4.41. The second-order valence-electron chi connectivity index (χ2n) is 4.41. The number of hydrogen-bond donors (Lipinski definition) is 2. The van der Waals surface area contributed by atoms with Crippen LogP contribution in [0.15, 0.2) is 0 Å². The Hall–Kier alpha value is -0.650. The number of unbranched alkanes of at least 4 members (excludes halogenated alkanes) is 2. The fourth-order valence-corrected chi connectivity index (χ4v) is 1.53. The molecule has 0 heterocycles. The summed E-state index contributed by atoms with van der Waals surface area (Å²) in [6, 6.07) is 0. The summed E-state index contributed by atoms with van der Waals surface area (Å²) in [5.41, 5.74) is 5.09. The van der Waals surface area contributed by atoms with Crippen molar-refractivity contribution in [3.63, 3.8) is 0 Å². The lowest BCUT2D eigenvalue weighted by atomic mass is 10.0. The number of rotatable bonds is 8. The van der Waals surface area contributed by atoms with E-state index in [1.165, 1.54) is 0 Å². The van der Waals surface area contributed by atoms with Gasteiger partial charge in [0, 0.05) is 0 Å². The molecule has 0 bridgehead atoms. The number of nitrogens with zero attached hydrogens (tertiary/aromatic N) is 1. The van der Waals surface area contributed by atoms with E-state index in [9.17, 15) is 4.79 Å². The number of esters is 1. The van der Waals surface area contributed by atoms with Crippen molar-refractivity contribution in [1.29, 1.82) is 0 Å². The molecule has 0 aliphatic rings. The number of nitrogens with two attached hydrogens (primary N) is 1. The molecule has 0 saturated heterocycles. The SMILES string of the molecule is CCCCCOC(=O)C(N)(CCC)N(C)C.N. The first kappa shape index (κ1) is 18.7. The van der Waals surface area contributed by atoms with E-state index < -0.39 is 5.66 Å². The van der Waals surface area contributed by atoms with Gasteiger partial charge in [0.15, 0.2) is 5.66 Å². The zero-order valence-electron chi connectivity index (χ0n) is 11.8. The van der Waals surface area contributed by atoms with Crippen molar-refractivity contribution in [1.82, 2.24) is 11.1 Å². The number of hydrogen-bond acceptors (Lipinski definition) is 5. The molecule has 0 aliphatic heterocycles. The lowest BCUT2D eigenvalue weighted by Gasteiger charge is -2.33. The van der Waals surface area contributed by atoms with Gasteiger partial charge in [-0.3, -0.25) is 4.90 Å². The number of likely N-dealkylation sites (N-methyl/N-ethyl adjacent to an activating group) is 1. The van der Waals surface area contributed by atoms with Crippen LogP contribution in [0.5, 0.6) is 0 Å². The van der Waals surface area contributed by atoms with Gasteiger partial charge in [-0.05, 0) is 26.9 Å². The summed E-state index contributed by atoms with van der Waals surface area (Å²) in [6.07, 6.45) is 4.60. The largest absolute Gasteiger partial charge is 0.463 e. The highest BCUT2D eigenvalue weighted by Gasteiger charge is 2.37. The first-order valence-corrected chi connectivity index (χ1v) is 6.12. The molecule has 0 spiro atoms. The van der Waals surface area contributed by atoms with Crippen molar-refractivity contribution in [2.24, 2.45) is 5.73 Å². The molecule has 0 aliphatic carbocycles. The summed E-state index contributed by atoms with van der Waals surface area (Å²) in [5, 5.41) is 0. The van der Waals surface area contributed by atoms with Crippen molar-refractivity contribution < 1.29 is 9.53 Å². The molecule has 5 heteroatoms. The molecule has 5 N–H and O–H groups in total. The van der Waals surface area contributed by atoms with Gasteiger partial charge >= 0.3 is 5.97 Å². The van der Waals surface area contributed by atoms with E-state index >= 15 is 0 Å². The minimum atomic E-state index is -0.971. The van der Waals surface area contributed by atoms with Gasteiger partial charge in [-0.1, -0.05) is 33.1 Å². The molecular weight excluding hydrogens is 218 g/mol. The Labute approximate surface area is 105 Å². The van der Waals surface area contributed by atoms with E-state index in [0.29, 0.717) is 13.0 Å². The van der Waals surface area contributed by atoms with Crippen LogP contribution in [0.1, 0.15) is 46.0 Å². The predicted octanol–water partition coefficient (Wildman–Crippen LogP) is 1.90. The summed E-state index contributed by atoms with van der Waals surface area (Å²) < 4.78 is 5.22. The van der Waals surface area contributed by atoms with Crippen LogP contribution in [0.2, 0.25) is 0 Å². The minimum absolute atomic E-state index is 0. The Bertz CT molecular complexity index is 210. The topological polar surface area (TPSA) is 90.6 Å². The second kappa shape index (κ2) is 9.39. The van der Waals surface area contributed by atoms with Crippen LogP contribution >= 0.6 is 0 Å². The highest BCUT2D eigenvalue weighted by molar-refractivity contribution is 5.79. The third-order valence-electron chi connectivity index (χ3n) is 2.76. The summed E-state index contributed by atoms with van der Waals surface area (Å²) in [7, 11) is 3.62. The summed E-state index contributed by atoms with van der Waals surface area (Å²) in [6.45, 7) is 4.60. The smallest absolute Gasteiger partial charge is 0.341 e. The predicted molar refractivity (Wildman–Crippen MR) is 71.0 cm³/mol. The first-order valence-electron chi connectivity index (χ1n) is 6.12. The maximum Gasteiger partial charge on any atom is 0.341 e. The average Bonchev–Trinajstić information content (AvgIpc) is 2.24. The van der Waals surface area contributed by atoms with Crippen LogP contribution in [-0.2, 0) is 9.53 Å². The van der Waals surface area contributed by atoms with Gasteiger partial charge in [0.25, 0.3) is 0 Å². The molecule has 17 heavy (non-hydrogen) atoms. The Balaban J connectivity index is 0. The molecular formula is C12H29N3O2. The van der Waals surface area contributed by atoms with E-state index in [4.69, 9.17) is 10.5 Å². The lowest BCUT2D eigenvalue weighted by Crippen LogP contribution is -2.59. The van der Waals surface area contributed by atoms with E-state index in [2.05, 4.69) is 6.92 Å².